The van der Waals surface area contributed by atoms with Gasteiger partial charge in [0.05, 0.1) is 18.8 Å². The summed E-state index contributed by atoms with van der Waals surface area (Å²) in [6.07, 6.45) is -7.48. The summed E-state index contributed by atoms with van der Waals surface area (Å²) in [6, 6.07) is -1.27. The van der Waals surface area contributed by atoms with E-state index in [-0.39, 0.29) is 0 Å². The molecule has 10 nitrogen and oxygen atoms in total. The Labute approximate surface area is 119 Å². The van der Waals surface area contributed by atoms with E-state index in [1.165, 1.54) is 0 Å². The van der Waals surface area contributed by atoms with E-state index in [0.29, 0.717) is 0 Å². The summed E-state index contributed by atoms with van der Waals surface area (Å²) in [4.78, 5) is 22.1. The van der Waals surface area contributed by atoms with Crippen molar-refractivity contribution in [1.82, 2.24) is 5.32 Å². The molecule has 6 atom stereocenters. The zero-order valence-electron chi connectivity index (χ0n) is 11.2. The molecule has 122 valence electrons. The van der Waals surface area contributed by atoms with E-state index in [2.05, 4.69) is 5.32 Å². The first-order valence-corrected chi connectivity index (χ1v) is 6.18. The van der Waals surface area contributed by atoms with Crippen molar-refractivity contribution in [3.8, 4) is 0 Å². The lowest BCUT2D eigenvalue weighted by Crippen LogP contribution is -2.67. The first-order chi connectivity index (χ1) is 9.62. The molecule has 1 aliphatic rings. The minimum atomic E-state index is -2.78. The summed E-state index contributed by atoms with van der Waals surface area (Å²) in [6.45, 7) is 0.256. The molecule has 0 aromatic heterocycles. The molecule has 1 aliphatic heterocycles. The molecule has 0 radical (unpaired) electrons. The first kappa shape index (κ1) is 17.8. The number of carboxylic acid groups (broad SMARTS) is 1. The van der Waals surface area contributed by atoms with Crippen LogP contribution in [-0.2, 0) is 14.3 Å². The summed E-state index contributed by atoms with van der Waals surface area (Å²) in [5, 5.41) is 59.0. The second-order valence-electron chi connectivity index (χ2n) is 4.91. The van der Waals surface area contributed by atoms with Crippen LogP contribution >= 0.6 is 0 Å². The molecule has 1 saturated heterocycles. The second kappa shape index (κ2) is 6.64. The van der Waals surface area contributed by atoms with Crippen LogP contribution < -0.4 is 5.32 Å². The quantitative estimate of drug-likeness (QED) is 0.268. The van der Waals surface area contributed by atoms with Crippen LogP contribution in [-0.4, -0.2) is 85.4 Å². The lowest BCUT2D eigenvalue weighted by atomic mass is 9.88. The Balaban J connectivity index is 3.07. The molecule has 21 heavy (non-hydrogen) atoms. The third-order valence-electron chi connectivity index (χ3n) is 3.21. The van der Waals surface area contributed by atoms with Crippen molar-refractivity contribution in [3.63, 3.8) is 0 Å². The van der Waals surface area contributed by atoms with Gasteiger partial charge in [-0.05, 0) is 0 Å². The van der Waals surface area contributed by atoms with E-state index in [0.717, 1.165) is 6.92 Å². The molecule has 0 aromatic rings. The maximum absolute atomic E-state index is 11.1. The molecule has 1 heterocycles. The number of carbonyl (C=O) groups is 2. The zero-order valence-corrected chi connectivity index (χ0v) is 11.2. The number of aliphatic hydroxyl groups excluding tert-OH is 4. The molecular formula is C11H19NO9. The fraction of sp³-hybridized carbons (Fsp3) is 0.818. The highest BCUT2D eigenvalue weighted by atomic mass is 16.7. The summed E-state index contributed by atoms with van der Waals surface area (Å²) < 4.78 is 4.86. The van der Waals surface area contributed by atoms with Gasteiger partial charge in [-0.2, -0.15) is 0 Å². The highest BCUT2D eigenvalue weighted by molar-refractivity contribution is 5.76. The van der Waals surface area contributed by atoms with Crippen molar-refractivity contribution in [3.05, 3.63) is 0 Å². The Morgan fingerprint density at radius 3 is 2.43 bits per heavy atom. The number of carbonyl (C=O) groups excluding carboxylic acids is 1. The Morgan fingerprint density at radius 1 is 1.43 bits per heavy atom. The van der Waals surface area contributed by atoms with E-state index < -0.39 is 61.1 Å². The van der Waals surface area contributed by atoms with Gasteiger partial charge in [0.25, 0.3) is 5.79 Å². The Kier molecular flexibility index (Phi) is 5.61. The van der Waals surface area contributed by atoms with Crippen molar-refractivity contribution in [1.29, 1.82) is 0 Å². The molecule has 0 unspecified atom stereocenters. The van der Waals surface area contributed by atoms with Crippen LogP contribution in [0.15, 0.2) is 0 Å². The largest absolute Gasteiger partial charge is 0.477 e. The lowest BCUT2D eigenvalue weighted by molar-refractivity contribution is -0.295. The monoisotopic (exact) mass is 309 g/mol. The number of amides is 1. The normalized spacial score (nSPS) is 35.8. The van der Waals surface area contributed by atoms with E-state index in [4.69, 9.17) is 14.9 Å². The zero-order chi connectivity index (χ0) is 16.4. The highest BCUT2D eigenvalue weighted by Crippen LogP contribution is 2.30. The van der Waals surface area contributed by atoms with E-state index in [9.17, 15) is 30.0 Å². The lowest BCUT2D eigenvalue weighted by Gasteiger charge is -2.44. The van der Waals surface area contributed by atoms with Crippen molar-refractivity contribution >= 4 is 11.9 Å². The SMILES string of the molecule is CC(=O)N[C@@H]1[C@H]([C@@H](O)[C@@H](O)CO)O[C@@](O)(C(=O)O)C[C@@H]1O. The second-order valence-corrected chi connectivity index (χ2v) is 4.91. The predicted molar refractivity (Wildman–Crippen MR) is 64.8 cm³/mol. The van der Waals surface area contributed by atoms with Crippen LogP contribution in [0.3, 0.4) is 0 Å². The number of aliphatic carboxylic acids is 1. The number of ether oxygens (including phenoxy) is 1. The van der Waals surface area contributed by atoms with Crippen molar-refractivity contribution in [2.24, 2.45) is 0 Å². The summed E-state index contributed by atoms with van der Waals surface area (Å²) in [5.41, 5.74) is 0. The maximum atomic E-state index is 11.1. The fourth-order valence-corrected chi connectivity index (χ4v) is 2.14. The number of nitrogens with one attached hydrogen (secondary N) is 1. The standard InChI is InChI=1S/C11H19NO9/c1-4(14)12-7-5(15)2-11(20,10(18)19)21-9(7)8(17)6(16)3-13/h5-9,13,15-17,20H,2-3H2,1H3,(H,12,14)(H,18,19)/t5-,6-,7-,8-,9+,11+/m0/s1. The molecular weight excluding hydrogens is 290 g/mol. The summed E-state index contributed by atoms with van der Waals surface area (Å²) in [7, 11) is 0. The van der Waals surface area contributed by atoms with Gasteiger partial charge < -0.3 is 40.7 Å². The van der Waals surface area contributed by atoms with Gasteiger partial charge in [0, 0.05) is 13.3 Å². The van der Waals surface area contributed by atoms with E-state index >= 15 is 0 Å². The van der Waals surface area contributed by atoms with Gasteiger partial charge in [0.2, 0.25) is 5.91 Å². The molecule has 10 heteroatoms. The molecule has 1 fully saturated rings. The number of rotatable bonds is 5. The number of aliphatic hydroxyl groups is 5. The third-order valence-corrected chi connectivity index (χ3v) is 3.21. The van der Waals surface area contributed by atoms with Gasteiger partial charge in [-0.25, -0.2) is 4.79 Å². The van der Waals surface area contributed by atoms with Crippen LogP contribution in [0.1, 0.15) is 13.3 Å². The topological polar surface area (TPSA) is 177 Å². The van der Waals surface area contributed by atoms with Gasteiger partial charge in [0.1, 0.15) is 18.3 Å². The van der Waals surface area contributed by atoms with Crippen LogP contribution in [0.5, 0.6) is 0 Å². The molecule has 7 N–H and O–H groups in total. The average Bonchev–Trinajstić information content (AvgIpc) is 2.39. The van der Waals surface area contributed by atoms with Gasteiger partial charge in [-0.1, -0.05) is 0 Å². The number of hydrogen-bond donors (Lipinski definition) is 7. The molecule has 0 aromatic carbocycles. The van der Waals surface area contributed by atoms with Crippen LogP contribution in [0.4, 0.5) is 0 Å². The molecule has 1 rings (SSSR count). The maximum Gasteiger partial charge on any atom is 0.364 e. The van der Waals surface area contributed by atoms with Crippen molar-refractivity contribution in [2.75, 3.05) is 6.61 Å². The summed E-state index contributed by atoms with van der Waals surface area (Å²) >= 11 is 0. The summed E-state index contributed by atoms with van der Waals surface area (Å²) in [5.74, 6) is -5.17. The Bertz CT molecular complexity index is 403. The average molecular weight is 309 g/mol. The molecule has 0 saturated carbocycles. The van der Waals surface area contributed by atoms with Crippen LogP contribution in [0, 0.1) is 0 Å². The number of hydrogen-bond acceptors (Lipinski definition) is 8. The van der Waals surface area contributed by atoms with Crippen molar-refractivity contribution < 1.29 is 45.0 Å². The van der Waals surface area contributed by atoms with Crippen LogP contribution in [0.2, 0.25) is 0 Å². The van der Waals surface area contributed by atoms with Gasteiger partial charge in [-0.3, -0.25) is 4.79 Å². The molecule has 0 bridgehead atoms. The van der Waals surface area contributed by atoms with E-state index in [1.54, 1.807) is 0 Å². The first-order valence-electron chi connectivity index (χ1n) is 6.18. The van der Waals surface area contributed by atoms with Gasteiger partial charge in [0.15, 0.2) is 0 Å². The van der Waals surface area contributed by atoms with Crippen molar-refractivity contribution in [2.45, 2.75) is 49.6 Å². The van der Waals surface area contributed by atoms with Crippen LogP contribution in [0.25, 0.3) is 0 Å². The van der Waals surface area contributed by atoms with Gasteiger partial charge in [-0.15, -0.1) is 0 Å². The fourth-order valence-electron chi connectivity index (χ4n) is 2.14. The third kappa shape index (κ3) is 3.87. The van der Waals surface area contributed by atoms with Gasteiger partial charge >= 0.3 is 5.97 Å². The smallest absolute Gasteiger partial charge is 0.364 e. The highest BCUT2D eigenvalue weighted by Gasteiger charge is 2.53. The minimum absolute atomic E-state index is 0.598. The molecule has 1 amide bonds. The predicted octanol–water partition coefficient (Wildman–Crippen LogP) is -3.87. The minimum Gasteiger partial charge on any atom is -0.477 e. The molecule has 0 aliphatic carbocycles. The number of carboxylic acids is 1. The molecule has 0 spiro atoms. The Morgan fingerprint density at radius 2 is 2.00 bits per heavy atom. The van der Waals surface area contributed by atoms with E-state index in [1.807, 2.05) is 0 Å². The Hall–Kier alpha value is -1.30.